The topological polar surface area (TPSA) is 46.9 Å². The van der Waals surface area contributed by atoms with Gasteiger partial charge >= 0.3 is 6.43 Å². The largest absolute Gasteiger partial charge is 0.349 e. The summed E-state index contributed by atoms with van der Waals surface area (Å²) in [5, 5.41) is 5.91. The van der Waals surface area contributed by atoms with Crippen LogP contribution in [-0.2, 0) is 11.3 Å². The van der Waals surface area contributed by atoms with Crippen molar-refractivity contribution in [2.45, 2.75) is 13.0 Å². The molecule has 0 radical (unpaired) electrons. The number of amides is 1. The lowest BCUT2D eigenvalue weighted by Crippen LogP contribution is -2.32. The Morgan fingerprint density at radius 2 is 2.38 bits per heavy atom. The van der Waals surface area contributed by atoms with Crippen LogP contribution in [0.5, 0.6) is 0 Å². The molecule has 1 amide bonds. The molecule has 13 heavy (non-hydrogen) atoms. The van der Waals surface area contributed by atoms with Gasteiger partial charge in [0.05, 0.1) is 6.54 Å². The Bertz CT molecular complexity index is 261. The van der Waals surface area contributed by atoms with Crippen LogP contribution in [0.2, 0.25) is 0 Å². The molecule has 0 aliphatic carbocycles. The SMILES string of the molecule is O=C(NCCn1cccn1)C(F)F. The summed E-state index contributed by atoms with van der Waals surface area (Å²) in [6, 6.07) is 1.72. The molecule has 0 unspecified atom stereocenters. The molecule has 1 aromatic rings. The summed E-state index contributed by atoms with van der Waals surface area (Å²) in [4.78, 5) is 10.4. The smallest absolute Gasteiger partial charge is 0.315 e. The average molecular weight is 189 g/mol. The maximum absolute atomic E-state index is 11.7. The van der Waals surface area contributed by atoms with Gasteiger partial charge in [-0.25, -0.2) is 0 Å². The first-order valence-corrected chi connectivity index (χ1v) is 3.73. The molecule has 0 bridgehead atoms. The van der Waals surface area contributed by atoms with E-state index in [0.717, 1.165) is 0 Å². The number of rotatable bonds is 4. The van der Waals surface area contributed by atoms with Gasteiger partial charge in [-0.05, 0) is 6.07 Å². The number of carbonyl (C=O) groups is 1. The van der Waals surface area contributed by atoms with Crippen molar-refractivity contribution in [2.24, 2.45) is 0 Å². The summed E-state index contributed by atoms with van der Waals surface area (Å²) in [7, 11) is 0. The van der Waals surface area contributed by atoms with Crippen LogP contribution in [0.1, 0.15) is 0 Å². The molecule has 4 nitrogen and oxygen atoms in total. The number of carbonyl (C=O) groups excluding carboxylic acids is 1. The van der Waals surface area contributed by atoms with Gasteiger partial charge in [0.2, 0.25) is 0 Å². The second kappa shape index (κ2) is 4.54. The van der Waals surface area contributed by atoms with E-state index >= 15 is 0 Å². The van der Waals surface area contributed by atoms with Crippen LogP contribution in [0.4, 0.5) is 8.78 Å². The van der Waals surface area contributed by atoms with Crippen molar-refractivity contribution >= 4 is 5.91 Å². The fourth-order valence-electron chi connectivity index (χ4n) is 0.804. The summed E-state index contributed by atoms with van der Waals surface area (Å²) in [5.74, 6) is -1.24. The lowest BCUT2D eigenvalue weighted by atomic mass is 10.5. The Morgan fingerprint density at radius 1 is 1.62 bits per heavy atom. The van der Waals surface area contributed by atoms with Crippen molar-refractivity contribution in [1.82, 2.24) is 15.1 Å². The monoisotopic (exact) mass is 189 g/mol. The Kier molecular flexibility index (Phi) is 3.36. The quantitative estimate of drug-likeness (QED) is 0.738. The first-order valence-electron chi connectivity index (χ1n) is 3.73. The molecule has 1 heterocycles. The Hall–Kier alpha value is -1.46. The van der Waals surface area contributed by atoms with Gasteiger partial charge in [0.1, 0.15) is 0 Å². The summed E-state index contributed by atoms with van der Waals surface area (Å²) >= 11 is 0. The zero-order chi connectivity index (χ0) is 9.68. The van der Waals surface area contributed by atoms with Crippen LogP contribution >= 0.6 is 0 Å². The van der Waals surface area contributed by atoms with E-state index in [-0.39, 0.29) is 6.54 Å². The standard InChI is InChI=1S/C7H9F2N3O/c8-6(9)7(13)10-3-5-12-4-1-2-11-12/h1-2,4,6H,3,5H2,(H,10,13). The van der Waals surface area contributed by atoms with E-state index in [1.807, 2.05) is 0 Å². The van der Waals surface area contributed by atoms with Gasteiger partial charge in [0.15, 0.2) is 0 Å². The number of halogens is 2. The molecule has 0 aromatic carbocycles. The van der Waals surface area contributed by atoms with Gasteiger partial charge in [-0.3, -0.25) is 9.48 Å². The zero-order valence-corrected chi connectivity index (χ0v) is 6.78. The molecule has 1 rings (SSSR count). The fraction of sp³-hybridized carbons (Fsp3) is 0.429. The zero-order valence-electron chi connectivity index (χ0n) is 6.78. The first kappa shape index (κ1) is 9.63. The molecule has 1 aromatic heterocycles. The normalized spacial score (nSPS) is 10.4. The van der Waals surface area contributed by atoms with Crippen molar-refractivity contribution in [2.75, 3.05) is 6.54 Å². The van der Waals surface area contributed by atoms with Crippen LogP contribution < -0.4 is 5.32 Å². The minimum absolute atomic E-state index is 0.158. The summed E-state index contributed by atoms with van der Waals surface area (Å²) in [5.41, 5.74) is 0. The Balaban J connectivity index is 2.18. The van der Waals surface area contributed by atoms with E-state index < -0.39 is 12.3 Å². The maximum atomic E-state index is 11.7. The van der Waals surface area contributed by atoms with Crippen LogP contribution in [0.25, 0.3) is 0 Å². The number of hydrogen-bond acceptors (Lipinski definition) is 2. The second-order valence-corrected chi connectivity index (χ2v) is 2.36. The molecule has 0 spiro atoms. The van der Waals surface area contributed by atoms with Crippen LogP contribution in [0.3, 0.4) is 0 Å². The Labute approximate surface area is 73.5 Å². The lowest BCUT2D eigenvalue weighted by Gasteiger charge is -2.03. The molecule has 0 saturated heterocycles. The summed E-state index contributed by atoms with van der Waals surface area (Å²) in [6.07, 6.45) is 0.321. The van der Waals surface area contributed by atoms with E-state index in [9.17, 15) is 13.6 Å². The highest BCUT2D eigenvalue weighted by molar-refractivity contribution is 5.78. The lowest BCUT2D eigenvalue weighted by molar-refractivity contribution is -0.131. The molecule has 0 aliphatic rings. The van der Waals surface area contributed by atoms with Crippen molar-refractivity contribution in [3.63, 3.8) is 0 Å². The van der Waals surface area contributed by atoms with Gasteiger partial charge in [0, 0.05) is 18.9 Å². The average Bonchev–Trinajstić information content (AvgIpc) is 2.56. The number of nitrogens with zero attached hydrogens (tertiary/aromatic N) is 2. The highest BCUT2D eigenvalue weighted by Crippen LogP contribution is 1.90. The van der Waals surface area contributed by atoms with Crippen molar-refractivity contribution in [3.05, 3.63) is 18.5 Å². The van der Waals surface area contributed by atoms with Crippen LogP contribution in [-0.4, -0.2) is 28.7 Å². The number of alkyl halides is 2. The third-order valence-electron chi connectivity index (χ3n) is 1.40. The van der Waals surface area contributed by atoms with Crippen LogP contribution in [0.15, 0.2) is 18.5 Å². The Morgan fingerprint density at radius 3 is 2.92 bits per heavy atom. The summed E-state index contributed by atoms with van der Waals surface area (Å²) in [6.45, 7) is 0.552. The second-order valence-electron chi connectivity index (χ2n) is 2.36. The van der Waals surface area contributed by atoms with Gasteiger partial charge in [-0.2, -0.15) is 13.9 Å². The highest BCUT2D eigenvalue weighted by atomic mass is 19.3. The molecule has 6 heteroatoms. The highest BCUT2D eigenvalue weighted by Gasteiger charge is 2.13. The third kappa shape index (κ3) is 3.18. The molecule has 0 saturated carbocycles. The minimum Gasteiger partial charge on any atom is -0.349 e. The van der Waals surface area contributed by atoms with Gasteiger partial charge < -0.3 is 5.32 Å². The van der Waals surface area contributed by atoms with Crippen molar-refractivity contribution < 1.29 is 13.6 Å². The van der Waals surface area contributed by atoms with Gasteiger partial charge in [0.25, 0.3) is 5.91 Å². The van der Waals surface area contributed by atoms with E-state index in [4.69, 9.17) is 0 Å². The van der Waals surface area contributed by atoms with Crippen molar-refractivity contribution in [3.8, 4) is 0 Å². The maximum Gasteiger partial charge on any atom is 0.315 e. The predicted molar refractivity (Wildman–Crippen MR) is 41.2 cm³/mol. The van der Waals surface area contributed by atoms with E-state index in [1.165, 1.54) is 0 Å². The summed E-state index contributed by atoms with van der Waals surface area (Å²) < 4.78 is 24.9. The number of nitrogens with one attached hydrogen (secondary N) is 1. The fourth-order valence-corrected chi connectivity index (χ4v) is 0.804. The molecule has 0 fully saturated rings. The molecule has 0 aliphatic heterocycles. The van der Waals surface area contributed by atoms with E-state index in [1.54, 1.807) is 23.1 Å². The van der Waals surface area contributed by atoms with E-state index in [2.05, 4.69) is 10.4 Å². The van der Waals surface area contributed by atoms with Gasteiger partial charge in [-0.1, -0.05) is 0 Å². The van der Waals surface area contributed by atoms with E-state index in [0.29, 0.717) is 6.54 Å². The molecule has 72 valence electrons. The number of hydrogen-bond donors (Lipinski definition) is 1. The van der Waals surface area contributed by atoms with Crippen LogP contribution in [0, 0.1) is 0 Å². The minimum atomic E-state index is -2.95. The molecular weight excluding hydrogens is 180 g/mol. The predicted octanol–water partition coefficient (Wildman–Crippen LogP) is 0.264. The first-order chi connectivity index (χ1) is 6.20. The molecule has 0 atom stereocenters. The molecule has 1 N–H and O–H groups in total. The third-order valence-corrected chi connectivity index (χ3v) is 1.40. The van der Waals surface area contributed by atoms with Crippen molar-refractivity contribution in [1.29, 1.82) is 0 Å². The van der Waals surface area contributed by atoms with Gasteiger partial charge in [-0.15, -0.1) is 0 Å². The number of aromatic nitrogens is 2. The molecular formula is C7H9F2N3O.